The van der Waals surface area contributed by atoms with E-state index in [9.17, 15) is 9.59 Å². The second-order valence-electron chi connectivity index (χ2n) is 3.64. The lowest BCUT2D eigenvalue weighted by Crippen LogP contribution is -2.03. The van der Waals surface area contributed by atoms with Crippen LogP contribution in [0.1, 0.15) is 38.5 Å². The first kappa shape index (κ1) is 27.7. The van der Waals surface area contributed by atoms with Crippen molar-refractivity contribution in [2.45, 2.75) is 38.5 Å². The molecule has 0 aliphatic heterocycles. The van der Waals surface area contributed by atoms with Gasteiger partial charge in [0.2, 0.25) is 0 Å². The lowest BCUT2D eigenvalue weighted by Gasteiger charge is -1.95. The Morgan fingerprint density at radius 3 is 1.25 bits per heavy atom. The predicted octanol–water partition coefficient (Wildman–Crippen LogP) is 1.42. The van der Waals surface area contributed by atoms with E-state index in [1.165, 1.54) is 14.2 Å². The van der Waals surface area contributed by atoms with Crippen LogP contribution in [0.5, 0.6) is 0 Å². The molecule has 20 heavy (non-hydrogen) atoms. The quantitative estimate of drug-likeness (QED) is 0.513. The lowest BCUT2D eigenvalue weighted by molar-refractivity contribution is -0.141. The van der Waals surface area contributed by atoms with Gasteiger partial charge in [-0.15, -0.1) is 24.8 Å². The maximum absolute atomic E-state index is 10.4. The van der Waals surface area contributed by atoms with Crippen LogP contribution in [0.15, 0.2) is 0 Å². The van der Waals surface area contributed by atoms with Crippen molar-refractivity contribution in [3.05, 3.63) is 0 Å². The molecule has 0 amide bonds. The molecule has 0 aliphatic rings. The summed E-state index contributed by atoms with van der Waals surface area (Å²) in [7, 11) is 2.79. The van der Waals surface area contributed by atoms with E-state index in [-0.39, 0.29) is 36.8 Å². The maximum Gasteiger partial charge on any atom is 0.305 e. The Morgan fingerprint density at radius 1 is 0.750 bits per heavy atom. The highest BCUT2D eigenvalue weighted by Gasteiger charge is 1.97. The molecule has 0 heterocycles. The highest BCUT2D eigenvalue weighted by molar-refractivity contribution is 5.85. The monoisotopic (exact) mass is 334 g/mol. The average molecular weight is 335 g/mol. The average Bonchev–Trinajstić information content (AvgIpc) is 2.39. The normalized spacial score (nSPS) is 8.20. The van der Waals surface area contributed by atoms with E-state index in [1.54, 1.807) is 0 Å². The van der Waals surface area contributed by atoms with Crippen molar-refractivity contribution < 1.29 is 19.1 Å². The van der Waals surface area contributed by atoms with Gasteiger partial charge >= 0.3 is 11.9 Å². The molecule has 0 aromatic carbocycles. The summed E-state index contributed by atoms with van der Waals surface area (Å²) in [6.45, 7) is 1.30. The molecule has 6 nitrogen and oxygen atoms in total. The number of hydrogen-bond acceptors (Lipinski definition) is 6. The zero-order valence-electron chi connectivity index (χ0n) is 12.3. The number of carbonyl (C=O) groups excluding carboxylic acids is 2. The smallest absolute Gasteiger partial charge is 0.305 e. The fourth-order valence-electron chi connectivity index (χ4n) is 1.03. The SMILES string of the molecule is COC(=O)CCCCN.COC(=O)CCCCN.Cl.Cl. The van der Waals surface area contributed by atoms with Gasteiger partial charge in [-0.05, 0) is 38.8 Å². The number of rotatable bonds is 8. The van der Waals surface area contributed by atoms with Gasteiger partial charge in [0, 0.05) is 12.8 Å². The highest BCUT2D eigenvalue weighted by Crippen LogP contribution is 1.94. The molecule has 8 heteroatoms. The van der Waals surface area contributed by atoms with Crippen LogP contribution in [-0.4, -0.2) is 39.2 Å². The third-order valence-corrected chi connectivity index (χ3v) is 2.13. The number of hydrogen-bond donors (Lipinski definition) is 2. The summed E-state index contributed by atoms with van der Waals surface area (Å²) in [5, 5.41) is 0. The molecule has 0 spiro atoms. The van der Waals surface area contributed by atoms with Gasteiger partial charge in [-0.3, -0.25) is 9.59 Å². The summed E-state index contributed by atoms with van der Waals surface area (Å²) in [4.78, 5) is 20.8. The number of ether oxygens (including phenoxy) is 2. The Balaban J connectivity index is -0.000000116. The topological polar surface area (TPSA) is 105 Å². The van der Waals surface area contributed by atoms with Crippen molar-refractivity contribution in [1.29, 1.82) is 0 Å². The summed E-state index contributed by atoms with van der Waals surface area (Å²) in [6, 6.07) is 0. The minimum absolute atomic E-state index is 0. The summed E-state index contributed by atoms with van der Waals surface area (Å²) >= 11 is 0. The molecule has 0 atom stereocenters. The number of esters is 2. The molecule has 0 aliphatic carbocycles. The first-order chi connectivity index (χ1) is 8.62. The standard InChI is InChI=1S/2C6H13NO2.2ClH/c2*1-9-6(8)4-2-3-5-7;;/h2*2-5,7H2,1H3;2*1H. The van der Waals surface area contributed by atoms with Gasteiger partial charge < -0.3 is 20.9 Å². The van der Waals surface area contributed by atoms with E-state index in [0.717, 1.165) is 25.7 Å². The van der Waals surface area contributed by atoms with E-state index in [1.807, 2.05) is 0 Å². The minimum atomic E-state index is -0.150. The third-order valence-electron chi connectivity index (χ3n) is 2.13. The molecule has 0 radical (unpaired) electrons. The van der Waals surface area contributed by atoms with Crippen molar-refractivity contribution in [2.75, 3.05) is 27.3 Å². The summed E-state index contributed by atoms with van der Waals surface area (Å²) in [5.41, 5.74) is 10.4. The van der Waals surface area contributed by atoms with Gasteiger partial charge in [0.25, 0.3) is 0 Å². The van der Waals surface area contributed by atoms with Crippen molar-refractivity contribution in [2.24, 2.45) is 11.5 Å². The maximum atomic E-state index is 10.4. The fourth-order valence-corrected chi connectivity index (χ4v) is 1.03. The molecule has 4 N–H and O–H groups in total. The lowest BCUT2D eigenvalue weighted by atomic mass is 10.2. The van der Waals surface area contributed by atoms with Gasteiger partial charge in [0.05, 0.1) is 14.2 Å². The Labute approximate surface area is 133 Å². The van der Waals surface area contributed by atoms with Crippen LogP contribution < -0.4 is 11.5 Å². The molecule has 0 fully saturated rings. The van der Waals surface area contributed by atoms with E-state index in [2.05, 4.69) is 9.47 Å². The van der Waals surface area contributed by atoms with E-state index in [0.29, 0.717) is 25.9 Å². The molecule has 124 valence electrons. The Kier molecular flexibility index (Phi) is 32.6. The zero-order chi connectivity index (χ0) is 14.2. The fraction of sp³-hybridized carbons (Fsp3) is 0.833. The largest absolute Gasteiger partial charge is 0.469 e. The molecule has 0 unspecified atom stereocenters. The van der Waals surface area contributed by atoms with Crippen LogP contribution >= 0.6 is 24.8 Å². The second kappa shape index (κ2) is 23.5. The Morgan fingerprint density at radius 2 is 1.05 bits per heavy atom. The van der Waals surface area contributed by atoms with E-state index in [4.69, 9.17) is 11.5 Å². The molecular formula is C12H28Cl2N2O4. The van der Waals surface area contributed by atoms with Crippen LogP contribution in [0.3, 0.4) is 0 Å². The van der Waals surface area contributed by atoms with Crippen LogP contribution in [0.25, 0.3) is 0 Å². The van der Waals surface area contributed by atoms with Crippen LogP contribution in [0.2, 0.25) is 0 Å². The van der Waals surface area contributed by atoms with Gasteiger partial charge in [-0.1, -0.05) is 0 Å². The van der Waals surface area contributed by atoms with Crippen LogP contribution in [0, 0.1) is 0 Å². The number of unbranched alkanes of at least 4 members (excludes halogenated alkanes) is 2. The summed E-state index contributed by atoms with van der Waals surface area (Å²) in [5.74, 6) is -0.299. The number of halogens is 2. The molecule has 0 saturated heterocycles. The first-order valence-corrected chi connectivity index (χ1v) is 6.16. The minimum Gasteiger partial charge on any atom is -0.469 e. The van der Waals surface area contributed by atoms with E-state index < -0.39 is 0 Å². The Hall–Kier alpha value is -0.560. The second-order valence-corrected chi connectivity index (χ2v) is 3.64. The third kappa shape index (κ3) is 26.1. The van der Waals surface area contributed by atoms with Gasteiger partial charge in [0.1, 0.15) is 0 Å². The van der Waals surface area contributed by atoms with Gasteiger partial charge in [-0.2, -0.15) is 0 Å². The molecule has 0 saturated carbocycles. The summed E-state index contributed by atoms with van der Waals surface area (Å²) in [6.07, 6.45) is 4.46. The highest BCUT2D eigenvalue weighted by atomic mass is 35.5. The Bertz CT molecular complexity index is 198. The van der Waals surface area contributed by atoms with Crippen LogP contribution in [-0.2, 0) is 19.1 Å². The molecule has 0 rings (SSSR count). The number of carbonyl (C=O) groups is 2. The number of methoxy groups -OCH3 is 2. The first-order valence-electron chi connectivity index (χ1n) is 6.16. The van der Waals surface area contributed by atoms with Gasteiger partial charge in [-0.25, -0.2) is 0 Å². The van der Waals surface area contributed by atoms with Crippen molar-refractivity contribution in [1.82, 2.24) is 0 Å². The summed E-state index contributed by atoms with van der Waals surface area (Å²) < 4.78 is 8.83. The molecular weight excluding hydrogens is 307 g/mol. The van der Waals surface area contributed by atoms with Crippen molar-refractivity contribution in [3.63, 3.8) is 0 Å². The van der Waals surface area contributed by atoms with Crippen LogP contribution in [0.4, 0.5) is 0 Å². The number of nitrogens with two attached hydrogens (primary N) is 2. The van der Waals surface area contributed by atoms with Crippen molar-refractivity contribution in [3.8, 4) is 0 Å². The zero-order valence-corrected chi connectivity index (χ0v) is 13.9. The van der Waals surface area contributed by atoms with E-state index >= 15 is 0 Å². The van der Waals surface area contributed by atoms with Gasteiger partial charge in [0.15, 0.2) is 0 Å². The predicted molar refractivity (Wildman–Crippen MR) is 84.3 cm³/mol. The van der Waals surface area contributed by atoms with Crippen molar-refractivity contribution >= 4 is 36.8 Å². The molecule has 0 bridgehead atoms. The molecule has 0 aromatic rings. The molecule has 0 aromatic heterocycles.